The average molecular weight is 244 g/mol. The van der Waals surface area contributed by atoms with Gasteiger partial charge in [0.2, 0.25) is 0 Å². The molecule has 0 atom stereocenters. The smallest absolute Gasteiger partial charge is 0.0951 e. The highest BCUT2D eigenvalue weighted by atomic mass is 32.1. The standard InChI is InChI=1S/C11H20N2O2S/c1-12-5-3-10-9-16-11(13-10)4-6-15-8-7-14-2/h9,12H,3-8H2,1-2H3. The maximum Gasteiger partial charge on any atom is 0.0951 e. The van der Waals surface area contributed by atoms with E-state index in [1.54, 1.807) is 18.4 Å². The summed E-state index contributed by atoms with van der Waals surface area (Å²) >= 11 is 1.71. The Morgan fingerprint density at radius 2 is 2.19 bits per heavy atom. The first-order valence-electron chi connectivity index (χ1n) is 5.51. The molecule has 4 nitrogen and oxygen atoms in total. The van der Waals surface area contributed by atoms with Crippen molar-refractivity contribution in [2.24, 2.45) is 0 Å². The number of likely N-dealkylation sites (N-methyl/N-ethyl adjacent to an activating group) is 1. The highest BCUT2D eigenvalue weighted by molar-refractivity contribution is 7.09. The third-order valence-corrected chi connectivity index (χ3v) is 3.08. The molecule has 1 aromatic rings. The number of hydrogen-bond donors (Lipinski definition) is 1. The zero-order valence-corrected chi connectivity index (χ0v) is 10.8. The van der Waals surface area contributed by atoms with Gasteiger partial charge in [-0.25, -0.2) is 4.98 Å². The molecule has 0 unspecified atom stereocenters. The fourth-order valence-corrected chi connectivity index (χ4v) is 2.05. The lowest BCUT2D eigenvalue weighted by Crippen LogP contribution is -2.10. The van der Waals surface area contributed by atoms with Crippen molar-refractivity contribution in [3.8, 4) is 0 Å². The third kappa shape index (κ3) is 5.55. The second-order valence-electron chi connectivity index (χ2n) is 3.44. The highest BCUT2D eigenvalue weighted by Crippen LogP contribution is 2.10. The molecule has 1 heterocycles. The van der Waals surface area contributed by atoms with E-state index in [1.807, 2.05) is 7.05 Å². The van der Waals surface area contributed by atoms with Gasteiger partial charge in [-0.3, -0.25) is 0 Å². The van der Waals surface area contributed by atoms with Gasteiger partial charge in [0.15, 0.2) is 0 Å². The van der Waals surface area contributed by atoms with Crippen LogP contribution in [-0.4, -0.2) is 45.5 Å². The molecule has 1 aromatic heterocycles. The van der Waals surface area contributed by atoms with Crippen LogP contribution in [0.1, 0.15) is 10.7 Å². The molecular weight excluding hydrogens is 224 g/mol. The van der Waals surface area contributed by atoms with E-state index in [-0.39, 0.29) is 0 Å². The Kier molecular flexibility index (Phi) is 7.33. The van der Waals surface area contributed by atoms with Crippen molar-refractivity contribution >= 4 is 11.3 Å². The number of ether oxygens (including phenoxy) is 2. The lowest BCUT2D eigenvalue weighted by Gasteiger charge is -2.01. The van der Waals surface area contributed by atoms with Crippen molar-refractivity contribution < 1.29 is 9.47 Å². The lowest BCUT2D eigenvalue weighted by molar-refractivity contribution is 0.0722. The molecule has 0 aromatic carbocycles. The predicted molar refractivity (Wildman–Crippen MR) is 66.1 cm³/mol. The van der Waals surface area contributed by atoms with Crippen molar-refractivity contribution in [3.05, 3.63) is 16.1 Å². The first-order chi connectivity index (χ1) is 7.86. The largest absolute Gasteiger partial charge is 0.382 e. The molecule has 0 aliphatic rings. The van der Waals surface area contributed by atoms with Crippen LogP contribution in [0, 0.1) is 0 Å². The summed E-state index contributed by atoms with van der Waals surface area (Å²) in [6.07, 6.45) is 1.89. The molecule has 0 saturated carbocycles. The van der Waals surface area contributed by atoms with Gasteiger partial charge in [-0.1, -0.05) is 0 Å². The van der Waals surface area contributed by atoms with Crippen molar-refractivity contribution in [2.75, 3.05) is 40.5 Å². The van der Waals surface area contributed by atoms with Gasteiger partial charge < -0.3 is 14.8 Å². The molecule has 16 heavy (non-hydrogen) atoms. The van der Waals surface area contributed by atoms with Crippen LogP contribution < -0.4 is 5.32 Å². The lowest BCUT2D eigenvalue weighted by atomic mass is 10.3. The Labute approximate surface area is 101 Å². The van der Waals surface area contributed by atoms with Crippen LogP contribution in [0.15, 0.2) is 5.38 Å². The number of thiazole rings is 1. The molecule has 0 saturated heterocycles. The van der Waals surface area contributed by atoms with Gasteiger partial charge in [0, 0.05) is 31.9 Å². The van der Waals surface area contributed by atoms with Crippen LogP contribution in [-0.2, 0) is 22.3 Å². The zero-order valence-electron chi connectivity index (χ0n) is 9.99. The minimum atomic E-state index is 0.658. The van der Waals surface area contributed by atoms with Crippen LogP contribution in [0.3, 0.4) is 0 Å². The van der Waals surface area contributed by atoms with E-state index in [4.69, 9.17) is 9.47 Å². The van der Waals surface area contributed by atoms with Crippen LogP contribution in [0.25, 0.3) is 0 Å². The summed E-state index contributed by atoms with van der Waals surface area (Å²) in [4.78, 5) is 4.53. The van der Waals surface area contributed by atoms with E-state index in [0.717, 1.165) is 31.0 Å². The van der Waals surface area contributed by atoms with Crippen LogP contribution in [0.4, 0.5) is 0 Å². The molecule has 0 fully saturated rings. The van der Waals surface area contributed by atoms with E-state index in [0.29, 0.717) is 13.2 Å². The first kappa shape index (κ1) is 13.6. The highest BCUT2D eigenvalue weighted by Gasteiger charge is 2.01. The maximum absolute atomic E-state index is 5.40. The molecule has 0 spiro atoms. The first-order valence-corrected chi connectivity index (χ1v) is 6.39. The minimum absolute atomic E-state index is 0.658. The molecule has 92 valence electrons. The normalized spacial score (nSPS) is 10.9. The van der Waals surface area contributed by atoms with Crippen LogP contribution in [0.2, 0.25) is 0 Å². The van der Waals surface area contributed by atoms with Gasteiger partial charge in [0.1, 0.15) is 0 Å². The molecule has 1 N–H and O–H groups in total. The maximum atomic E-state index is 5.40. The van der Waals surface area contributed by atoms with Crippen molar-refractivity contribution in [3.63, 3.8) is 0 Å². The second kappa shape index (κ2) is 8.64. The Morgan fingerprint density at radius 3 is 2.94 bits per heavy atom. The van der Waals surface area contributed by atoms with Gasteiger partial charge in [-0.2, -0.15) is 0 Å². The summed E-state index contributed by atoms with van der Waals surface area (Å²) in [6.45, 7) is 3.02. The molecule has 5 heteroatoms. The van der Waals surface area contributed by atoms with E-state index >= 15 is 0 Å². The van der Waals surface area contributed by atoms with E-state index in [2.05, 4.69) is 15.7 Å². The number of aromatic nitrogens is 1. The second-order valence-corrected chi connectivity index (χ2v) is 4.38. The van der Waals surface area contributed by atoms with Gasteiger partial charge in [-0.05, 0) is 7.05 Å². The average Bonchev–Trinajstić information content (AvgIpc) is 2.74. The van der Waals surface area contributed by atoms with Crippen molar-refractivity contribution in [1.29, 1.82) is 0 Å². The number of hydrogen-bond acceptors (Lipinski definition) is 5. The molecular formula is C11H20N2O2S. The van der Waals surface area contributed by atoms with Gasteiger partial charge >= 0.3 is 0 Å². The molecule has 0 radical (unpaired) electrons. The minimum Gasteiger partial charge on any atom is -0.382 e. The molecule has 0 aliphatic heterocycles. The Bertz CT molecular complexity index is 279. The summed E-state index contributed by atoms with van der Waals surface area (Å²) in [5.74, 6) is 0. The Hall–Kier alpha value is -0.490. The van der Waals surface area contributed by atoms with Crippen molar-refractivity contribution in [2.45, 2.75) is 12.8 Å². The van der Waals surface area contributed by atoms with Crippen LogP contribution in [0.5, 0.6) is 0 Å². The molecule has 0 aliphatic carbocycles. The topological polar surface area (TPSA) is 43.4 Å². The molecule has 0 bridgehead atoms. The van der Waals surface area contributed by atoms with Gasteiger partial charge in [0.05, 0.1) is 30.5 Å². The summed E-state index contributed by atoms with van der Waals surface area (Å²) in [5.41, 5.74) is 1.17. The molecule has 0 amide bonds. The number of nitrogens with one attached hydrogen (secondary N) is 1. The van der Waals surface area contributed by atoms with Gasteiger partial charge in [0.25, 0.3) is 0 Å². The SMILES string of the molecule is CNCCc1csc(CCOCCOC)n1. The molecule has 1 rings (SSSR count). The zero-order chi connectivity index (χ0) is 11.6. The van der Waals surface area contributed by atoms with Crippen LogP contribution >= 0.6 is 11.3 Å². The summed E-state index contributed by atoms with van der Waals surface area (Å²) in [5, 5.41) is 6.40. The fourth-order valence-electron chi connectivity index (χ4n) is 1.24. The van der Waals surface area contributed by atoms with E-state index in [1.165, 1.54) is 5.69 Å². The fraction of sp³-hybridized carbons (Fsp3) is 0.727. The van der Waals surface area contributed by atoms with Gasteiger partial charge in [-0.15, -0.1) is 11.3 Å². The van der Waals surface area contributed by atoms with Crippen molar-refractivity contribution in [1.82, 2.24) is 10.3 Å². The Balaban J connectivity index is 2.14. The van der Waals surface area contributed by atoms with E-state index < -0.39 is 0 Å². The third-order valence-electron chi connectivity index (χ3n) is 2.12. The number of methoxy groups -OCH3 is 1. The summed E-state index contributed by atoms with van der Waals surface area (Å²) in [7, 11) is 3.63. The number of rotatable bonds is 9. The summed E-state index contributed by atoms with van der Waals surface area (Å²) in [6, 6.07) is 0. The van der Waals surface area contributed by atoms with E-state index in [9.17, 15) is 0 Å². The quantitative estimate of drug-likeness (QED) is 0.661. The Morgan fingerprint density at radius 1 is 1.31 bits per heavy atom. The summed E-state index contributed by atoms with van der Waals surface area (Å²) < 4.78 is 10.3. The number of nitrogens with zero attached hydrogens (tertiary/aromatic N) is 1. The monoisotopic (exact) mass is 244 g/mol. The predicted octanol–water partition coefficient (Wildman–Crippen LogP) is 1.11.